The van der Waals surface area contributed by atoms with Crippen molar-refractivity contribution in [2.75, 3.05) is 52.9 Å². The number of amides is 2. The van der Waals surface area contributed by atoms with Gasteiger partial charge in [0.1, 0.15) is 5.50 Å². The molecule has 0 bridgehead atoms. The monoisotopic (exact) mass is 596 g/mol. The van der Waals surface area contributed by atoms with Crippen LogP contribution >= 0.6 is 23.4 Å². The fourth-order valence-electron chi connectivity index (χ4n) is 7.14. The minimum absolute atomic E-state index is 0.00697. The number of nitrogens with zero attached hydrogens (tertiary/aromatic N) is 2. The lowest BCUT2D eigenvalue weighted by molar-refractivity contribution is -0.145. The molecule has 0 radical (unpaired) electrons. The van der Waals surface area contributed by atoms with Gasteiger partial charge in [0.2, 0.25) is 11.8 Å². The molecule has 0 aromatic heterocycles. The predicted molar refractivity (Wildman–Crippen MR) is 143 cm³/mol. The molecule has 222 valence electrons. The number of ether oxygens (including phenoxy) is 1. The van der Waals surface area contributed by atoms with Gasteiger partial charge in [-0.15, -0.1) is 23.4 Å². The molecule has 0 aliphatic carbocycles. The summed E-state index contributed by atoms with van der Waals surface area (Å²) in [5.41, 5.74) is -0.380. The highest BCUT2D eigenvalue weighted by molar-refractivity contribution is 8.00. The molecule has 5 aliphatic heterocycles. The summed E-state index contributed by atoms with van der Waals surface area (Å²) in [4.78, 5) is 29.7. The largest absolute Gasteiger partial charge is 0.401 e. The molecule has 0 aromatic carbocycles. The second-order valence-electron chi connectivity index (χ2n) is 11.8. The van der Waals surface area contributed by atoms with Gasteiger partial charge in [0.15, 0.2) is 0 Å². The number of halogens is 4. The number of carbonyl (C=O) groups excluding carboxylic acids is 2. The molecule has 5 saturated heterocycles. The highest BCUT2D eigenvalue weighted by atomic mass is 35.5. The maximum absolute atomic E-state index is 13.5. The first-order valence-corrected chi connectivity index (χ1v) is 15.3. The van der Waals surface area contributed by atoms with Gasteiger partial charge >= 0.3 is 6.18 Å². The molecule has 39 heavy (non-hydrogen) atoms. The van der Waals surface area contributed by atoms with Crippen molar-refractivity contribution in [2.24, 2.45) is 23.7 Å². The van der Waals surface area contributed by atoms with E-state index in [-0.39, 0.29) is 70.4 Å². The van der Waals surface area contributed by atoms with E-state index in [9.17, 15) is 22.8 Å². The molecule has 4 N–H and O–H groups in total. The van der Waals surface area contributed by atoms with E-state index in [0.29, 0.717) is 45.2 Å². The summed E-state index contributed by atoms with van der Waals surface area (Å²) >= 11 is 8.06. The molecule has 9 nitrogen and oxygen atoms in total. The van der Waals surface area contributed by atoms with E-state index in [0.717, 1.165) is 12.8 Å². The molecule has 5 heterocycles. The number of rotatable bonds is 6. The molecule has 0 aromatic rings. The lowest BCUT2D eigenvalue weighted by atomic mass is 9.70. The van der Waals surface area contributed by atoms with Gasteiger partial charge in [0.25, 0.3) is 0 Å². The van der Waals surface area contributed by atoms with Gasteiger partial charge in [-0.1, -0.05) is 0 Å². The van der Waals surface area contributed by atoms with Crippen LogP contribution in [0.3, 0.4) is 0 Å². The topological polar surface area (TPSA) is 98.0 Å². The fourth-order valence-corrected chi connectivity index (χ4v) is 8.84. The van der Waals surface area contributed by atoms with Gasteiger partial charge in [0.05, 0.1) is 30.0 Å². The number of piperidine rings is 2. The Labute approximate surface area is 237 Å². The van der Waals surface area contributed by atoms with Crippen LogP contribution < -0.4 is 21.3 Å². The number of likely N-dealkylation sites (tertiary alicyclic amines) is 2. The number of fused-ring (bicyclic) bond motifs is 1. The average Bonchev–Trinajstić information content (AvgIpc) is 3.58. The highest BCUT2D eigenvalue weighted by Crippen LogP contribution is 2.39. The van der Waals surface area contributed by atoms with Gasteiger partial charge in [-0.05, 0) is 44.6 Å². The van der Waals surface area contributed by atoms with Crippen molar-refractivity contribution in [1.29, 1.82) is 0 Å². The van der Waals surface area contributed by atoms with Crippen LogP contribution in [-0.4, -0.2) is 115 Å². The van der Waals surface area contributed by atoms with Crippen LogP contribution in [0.1, 0.15) is 26.2 Å². The van der Waals surface area contributed by atoms with Crippen molar-refractivity contribution in [3.8, 4) is 0 Å². The van der Waals surface area contributed by atoms with Crippen LogP contribution in [0, 0.1) is 23.7 Å². The number of alkyl halides is 4. The van der Waals surface area contributed by atoms with E-state index < -0.39 is 12.7 Å². The summed E-state index contributed by atoms with van der Waals surface area (Å²) < 4.78 is 43.9. The van der Waals surface area contributed by atoms with Crippen molar-refractivity contribution in [3.05, 3.63) is 0 Å². The summed E-state index contributed by atoms with van der Waals surface area (Å²) in [6, 6.07) is 0.346. The van der Waals surface area contributed by atoms with Crippen LogP contribution in [0.2, 0.25) is 0 Å². The van der Waals surface area contributed by atoms with Crippen LogP contribution in [0.5, 0.6) is 0 Å². The number of thioether (sulfide) groups is 1. The zero-order valence-corrected chi connectivity index (χ0v) is 24.0. The molecule has 10 atom stereocenters. The molecule has 5 rings (SSSR count). The van der Waals surface area contributed by atoms with E-state index in [1.165, 1.54) is 4.90 Å². The standard InChI is InChI=1S/C25H40ClF3N6O3S/c1-13-5-15(16-6-21(26)31-8-19(16)38-2)17(7-30-13)22(36)33-24-32-18-10-35(11-20(18)39-24)23(37)14-3-4-34(9-14)12-25(27,28)29/h13-21,24,30-32H,3-12H2,1-2H3,(H,33,36). The normalized spacial score (nSPS) is 41.5. The number of hydrogen-bond donors (Lipinski definition) is 4. The van der Waals surface area contributed by atoms with Crippen molar-refractivity contribution < 1.29 is 27.5 Å². The molecule has 2 amide bonds. The van der Waals surface area contributed by atoms with Crippen LogP contribution in [0.15, 0.2) is 0 Å². The maximum Gasteiger partial charge on any atom is 0.401 e. The second kappa shape index (κ2) is 12.2. The van der Waals surface area contributed by atoms with Crippen molar-refractivity contribution in [2.45, 2.75) is 66.8 Å². The SMILES string of the molecule is COC1CNC(Cl)CC1C1CC(C)NCC1C(=O)NC1NC2CN(C(=O)C3CCN(CC(F)(F)F)C3)CC2S1. The minimum atomic E-state index is -4.25. The summed E-state index contributed by atoms with van der Waals surface area (Å²) in [6.07, 6.45) is -2.16. The summed E-state index contributed by atoms with van der Waals surface area (Å²) in [5, 5.41) is 13.5. The fraction of sp³-hybridized carbons (Fsp3) is 0.920. The van der Waals surface area contributed by atoms with E-state index in [1.807, 2.05) is 0 Å². The quantitative estimate of drug-likeness (QED) is 0.266. The van der Waals surface area contributed by atoms with Gasteiger partial charge in [0, 0.05) is 57.2 Å². The Kier molecular flexibility index (Phi) is 9.27. The Morgan fingerprint density at radius 1 is 1.13 bits per heavy atom. The first kappa shape index (κ1) is 29.7. The van der Waals surface area contributed by atoms with E-state index in [4.69, 9.17) is 16.3 Å². The molecule has 14 heteroatoms. The predicted octanol–water partition coefficient (Wildman–Crippen LogP) is 0.990. The average molecular weight is 597 g/mol. The van der Waals surface area contributed by atoms with Gasteiger partial charge in [-0.3, -0.25) is 25.1 Å². The summed E-state index contributed by atoms with van der Waals surface area (Å²) in [7, 11) is 1.71. The second-order valence-corrected chi connectivity index (χ2v) is 13.7. The minimum Gasteiger partial charge on any atom is -0.380 e. The molecular formula is C25H40ClF3N6O3S. The van der Waals surface area contributed by atoms with Gasteiger partial charge in [-0.25, -0.2) is 0 Å². The number of nitrogens with one attached hydrogen (secondary N) is 4. The first-order valence-electron chi connectivity index (χ1n) is 13.9. The lowest BCUT2D eigenvalue weighted by Gasteiger charge is -2.45. The Bertz CT molecular complexity index is 892. The third-order valence-corrected chi connectivity index (χ3v) is 10.8. The molecular weight excluding hydrogens is 557 g/mol. The van der Waals surface area contributed by atoms with Crippen LogP contribution in [0.4, 0.5) is 13.2 Å². The number of methoxy groups -OCH3 is 1. The molecule has 0 spiro atoms. The van der Waals surface area contributed by atoms with E-state index in [1.54, 1.807) is 23.8 Å². The van der Waals surface area contributed by atoms with Crippen molar-refractivity contribution >= 4 is 35.2 Å². The number of hydrogen-bond acceptors (Lipinski definition) is 8. The Balaban J connectivity index is 1.13. The van der Waals surface area contributed by atoms with E-state index >= 15 is 0 Å². The molecule has 5 fully saturated rings. The molecule has 10 unspecified atom stereocenters. The molecule has 5 aliphatic rings. The first-order chi connectivity index (χ1) is 18.5. The Morgan fingerprint density at radius 3 is 2.64 bits per heavy atom. The van der Waals surface area contributed by atoms with E-state index in [2.05, 4.69) is 28.2 Å². The van der Waals surface area contributed by atoms with Crippen LogP contribution in [-0.2, 0) is 14.3 Å². The zero-order chi connectivity index (χ0) is 27.9. The zero-order valence-electron chi connectivity index (χ0n) is 22.4. The van der Waals surface area contributed by atoms with Gasteiger partial charge in [-0.2, -0.15) is 13.2 Å². The number of carbonyl (C=O) groups is 2. The summed E-state index contributed by atoms with van der Waals surface area (Å²) in [5.74, 6) is -0.305. The lowest BCUT2D eigenvalue weighted by Crippen LogP contribution is -2.57. The third kappa shape index (κ3) is 6.98. The smallest absolute Gasteiger partial charge is 0.380 e. The Hall–Kier alpha value is -0.830. The molecule has 0 saturated carbocycles. The van der Waals surface area contributed by atoms with Crippen LogP contribution in [0.25, 0.3) is 0 Å². The van der Waals surface area contributed by atoms with Gasteiger partial charge < -0.3 is 20.3 Å². The van der Waals surface area contributed by atoms with Crippen molar-refractivity contribution in [3.63, 3.8) is 0 Å². The summed E-state index contributed by atoms with van der Waals surface area (Å²) in [6.45, 7) is 3.94. The highest BCUT2D eigenvalue weighted by Gasteiger charge is 2.48. The van der Waals surface area contributed by atoms with Crippen molar-refractivity contribution in [1.82, 2.24) is 31.1 Å². The Morgan fingerprint density at radius 2 is 1.92 bits per heavy atom. The maximum atomic E-state index is 13.5. The third-order valence-electron chi connectivity index (χ3n) is 9.07.